The van der Waals surface area contributed by atoms with Crippen molar-refractivity contribution in [1.29, 1.82) is 0 Å². The summed E-state index contributed by atoms with van der Waals surface area (Å²) >= 11 is 0. The number of aryl methyl sites for hydroxylation is 1. The number of ether oxygens (including phenoxy) is 2. The monoisotopic (exact) mass is 530 g/mol. The summed E-state index contributed by atoms with van der Waals surface area (Å²) < 4.78 is 26.8. The van der Waals surface area contributed by atoms with Crippen molar-refractivity contribution < 1.29 is 23.8 Å². The summed E-state index contributed by atoms with van der Waals surface area (Å²) in [6.45, 7) is 8.60. The summed E-state index contributed by atoms with van der Waals surface area (Å²) in [5, 5.41) is 9.79. The van der Waals surface area contributed by atoms with E-state index in [1.807, 2.05) is 24.3 Å². The van der Waals surface area contributed by atoms with E-state index in [0.29, 0.717) is 23.8 Å². The molecule has 0 spiro atoms. The van der Waals surface area contributed by atoms with Crippen LogP contribution in [0.1, 0.15) is 87.5 Å². The molecule has 0 aromatic heterocycles. The Balaban J connectivity index is 1.45. The summed E-state index contributed by atoms with van der Waals surface area (Å²) in [7, 11) is 1.60. The fourth-order valence-electron chi connectivity index (χ4n) is 6.71. The Hall–Kier alpha value is -3.34. The van der Waals surface area contributed by atoms with Gasteiger partial charge < -0.3 is 14.6 Å². The first-order valence-electron chi connectivity index (χ1n) is 14.0. The predicted molar refractivity (Wildman–Crippen MR) is 152 cm³/mol. The molecule has 0 amide bonds. The van der Waals surface area contributed by atoms with E-state index in [9.17, 15) is 9.90 Å². The molecule has 3 aromatic rings. The van der Waals surface area contributed by atoms with Crippen LogP contribution in [0.4, 0.5) is 4.39 Å². The van der Waals surface area contributed by atoms with Gasteiger partial charge in [-0.15, -0.1) is 0 Å². The molecular formula is C34H39FO4. The Morgan fingerprint density at radius 2 is 1.77 bits per heavy atom. The highest BCUT2D eigenvalue weighted by Crippen LogP contribution is 2.51. The van der Waals surface area contributed by atoms with Gasteiger partial charge >= 0.3 is 5.97 Å². The average molecular weight is 531 g/mol. The van der Waals surface area contributed by atoms with Gasteiger partial charge in [0.05, 0.1) is 12.5 Å². The smallest absolute Gasteiger partial charge is 0.309 e. The molecule has 0 bridgehead atoms. The molecule has 1 saturated carbocycles. The van der Waals surface area contributed by atoms with Gasteiger partial charge in [0.2, 0.25) is 0 Å². The van der Waals surface area contributed by atoms with Crippen molar-refractivity contribution in [2.75, 3.05) is 7.11 Å². The maximum Gasteiger partial charge on any atom is 0.309 e. The molecule has 0 unspecified atom stereocenters. The Bertz CT molecular complexity index is 1390. The lowest BCUT2D eigenvalue weighted by Crippen LogP contribution is -2.30. The number of fused-ring (bicyclic) bond motifs is 1. The van der Waals surface area contributed by atoms with Gasteiger partial charge in [-0.2, -0.15) is 0 Å². The van der Waals surface area contributed by atoms with Crippen LogP contribution >= 0.6 is 0 Å². The largest absolute Gasteiger partial charge is 0.497 e. The Labute approximate surface area is 231 Å². The van der Waals surface area contributed by atoms with Crippen LogP contribution in [0.25, 0.3) is 11.1 Å². The van der Waals surface area contributed by atoms with Gasteiger partial charge in [-0.05, 0) is 109 Å². The molecule has 0 heterocycles. The number of benzene rings is 3. The van der Waals surface area contributed by atoms with Gasteiger partial charge in [0, 0.05) is 11.5 Å². The van der Waals surface area contributed by atoms with E-state index in [1.54, 1.807) is 33.1 Å². The second-order valence-corrected chi connectivity index (χ2v) is 12.5. The summed E-state index contributed by atoms with van der Waals surface area (Å²) in [5.41, 5.74) is 5.23. The van der Waals surface area contributed by atoms with E-state index < -0.39 is 11.4 Å². The maximum absolute atomic E-state index is 15.1. The lowest BCUT2D eigenvalue weighted by Gasteiger charge is -2.30. The van der Waals surface area contributed by atoms with Crippen molar-refractivity contribution >= 4 is 5.97 Å². The molecule has 0 radical (unpaired) electrons. The van der Waals surface area contributed by atoms with Crippen LogP contribution in [0.15, 0.2) is 54.6 Å². The third-order valence-corrected chi connectivity index (χ3v) is 9.24. The number of hydrogen-bond acceptors (Lipinski definition) is 3. The zero-order valence-corrected chi connectivity index (χ0v) is 23.6. The van der Waals surface area contributed by atoms with Crippen molar-refractivity contribution in [2.24, 2.45) is 10.8 Å². The van der Waals surface area contributed by atoms with Crippen LogP contribution in [-0.2, 0) is 17.8 Å². The number of carboxylic acids is 1. The molecule has 2 aliphatic carbocycles. The average Bonchev–Trinajstić information content (AvgIpc) is 3.50. The fraction of sp³-hybridized carbons (Fsp3) is 0.441. The molecule has 0 aliphatic heterocycles. The number of methoxy groups -OCH3 is 1. The predicted octanol–water partition coefficient (Wildman–Crippen LogP) is 8.51. The third-order valence-electron chi connectivity index (χ3n) is 9.24. The number of carboxylic acid groups (broad SMARTS) is 1. The van der Waals surface area contributed by atoms with Crippen molar-refractivity contribution in [3.63, 3.8) is 0 Å². The minimum absolute atomic E-state index is 0.0400. The second kappa shape index (κ2) is 10.3. The SMILES string of the molecule is COc1ccc(F)c(-c2ccc(COc3ccc4c(c3)[C@@H](C(C)(C)C(=O)O)CC4)cc2[C@@H]2CCCC2(C)C)c1. The standard InChI is InChI=1S/C34H39FO4/c1-33(2)16-6-7-29(33)27-17-21(8-13-25(27)28-18-23(38-5)12-15-31(28)35)20-39-24-11-9-22-10-14-30(26(22)19-24)34(3,4)32(36)37/h8-9,11-13,15,17-19,29-30H,6-7,10,14,16,20H2,1-5H3,(H,36,37)/t29-,30-/m0/s1. The van der Waals surface area contributed by atoms with Crippen molar-refractivity contribution in [3.8, 4) is 22.6 Å². The van der Waals surface area contributed by atoms with E-state index in [-0.39, 0.29) is 17.2 Å². The lowest BCUT2D eigenvalue weighted by molar-refractivity contribution is -0.148. The van der Waals surface area contributed by atoms with Crippen LogP contribution in [0.5, 0.6) is 11.5 Å². The summed E-state index contributed by atoms with van der Waals surface area (Å²) in [4.78, 5) is 11.9. The molecule has 2 aliphatic rings. The Kier molecular flexibility index (Phi) is 7.21. The van der Waals surface area contributed by atoms with Gasteiger partial charge in [0.25, 0.3) is 0 Å². The normalized spacial score (nSPS) is 20.1. The molecule has 1 fully saturated rings. The highest BCUT2D eigenvalue weighted by atomic mass is 19.1. The molecule has 5 heteroatoms. The molecule has 1 N–H and O–H groups in total. The number of rotatable bonds is 8. The first-order chi connectivity index (χ1) is 18.5. The Morgan fingerprint density at radius 1 is 1.00 bits per heavy atom. The summed E-state index contributed by atoms with van der Waals surface area (Å²) in [5.74, 6) is 0.623. The van der Waals surface area contributed by atoms with Crippen LogP contribution in [-0.4, -0.2) is 18.2 Å². The number of hydrogen-bond donors (Lipinski definition) is 1. The number of carbonyl (C=O) groups is 1. The maximum atomic E-state index is 15.1. The zero-order valence-electron chi connectivity index (χ0n) is 23.6. The molecule has 4 nitrogen and oxygen atoms in total. The quantitative estimate of drug-likeness (QED) is 0.317. The lowest BCUT2D eigenvalue weighted by atomic mass is 9.75. The number of halogens is 1. The molecule has 5 rings (SSSR count). The minimum Gasteiger partial charge on any atom is -0.497 e. The van der Waals surface area contributed by atoms with Crippen LogP contribution in [0.3, 0.4) is 0 Å². The fourth-order valence-corrected chi connectivity index (χ4v) is 6.71. The van der Waals surface area contributed by atoms with Gasteiger partial charge in [0.1, 0.15) is 23.9 Å². The van der Waals surface area contributed by atoms with Crippen LogP contribution < -0.4 is 9.47 Å². The summed E-state index contributed by atoms with van der Waals surface area (Å²) in [6.07, 6.45) is 5.09. The van der Waals surface area contributed by atoms with Crippen molar-refractivity contribution in [1.82, 2.24) is 0 Å². The van der Waals surface area contributed by atoms with Crippen LogP contribution in [0.2, 0.25) is 0 Å². The zero-order chi connectivity index (χ0) is 27.9. The third kappa shape index (κ3) is 5.16. The second-order valence-electron chi connectivity index (χ2n) is 12.5. The van der Waals surface area contributed by atoms with Gasteiger partial charge in [0.15, 0.2) is 0 Å². The van der Waals surface area contributed by atoms with E-state index >= 15 is 4.39 Å². The first-order valence-corrected chi connectivity index (χ1v) is 14.0. The topological polar surface area (TPSA) is 55.8 Å². The molecular weight excluding hydrogens is 491 g/mol. The van der Waals surface area contributed by atoms with E-state index in [1.165, 1.54) is 11.6 Å². The van der Waals surface area contributed by atoms with E-state index in [4.69, 9.17) is 9.47 Å². The Morgan fingerprint density at radius 3 is 2.46 bits per heavy atom. The number of aliphatic carboxylic acids is 1. The molecule has 0 saturated heterocycles. The van der Waals surface area contributed by atoms with Gasteiger partial charge in [-0.25, -0.2) is 4.39 Å². The van der Waals surface area contributed by atoms with E-state index in [0.717, 1.165) is 60.1 Å². The van der Waals surface area contributed by atoms with Gasteiger partial charge in [-0.1, -0.05) is 44.5 Å². The van der Waals surface area contributed by atoms with Crippen molar-refractivity contribution in [3.05, 3.63) is 82.7 Å². The highest BCUT2D eigenvalue weighted by molar-refractivity contribution is 5.75. The molecule has 2 atom stereocenters. The van der Waals surface area contributed by atoms with Crippen LogP contribution in [0, 0.1) is 16.6 Å². The molecule has 39 heavy (non-hydrogen) atoms. The highest BCUT2D eigenvalue weighted by Gasteiger charge is 2.41. The van der Waals surface area contributed by atoms with Crippen molar-refractivity contribution in [2.45, 2.75) is 78.2 Å². The molecule has 206 valence electrons. The first kappa shape index (κ1) is 27.2. The van der Waals surface area contributed by atoms with Gasteiger partial charge in [-0.3, -0.25) is 4.79 Å². The van der Waals surface area contributed by atoms with E-state index in [2.05, 4.69) is 26.0 Å². The summed E-state index contributed by atoms with van der Waals surface area (Å²) in [6, 6.07) is 17.2. The minimum atomic E-state index is -0.835. The molecule has 3 aromatic carbocycles.